The van der Waals surface area contributed by atoms with Crippen molar-refractivity contribution in [2.45, 2.75) is 45.1 Å². The molecule has 2 aromatic rings. The van der Waals surface area contributed by atoms with Crippen molar-refractivity contribution in [3.05, 3.63) is 47.5 Å². The van der Waals surface area contributed by atoms with Crippen LogP contribution >= 0.6 is 0 Å². The number of aromatic nitrogens is 2. The second-order valence-corrected chi connectivity index (χ2v) is 7.21. The fraction of sp³-hybridized carbons (Fsp3) is 0.500. The number of fused-ring (bicyclic) bond motifs is 1. The van der Waals surface area contributed by atoms with Crippen LogP contribution in [0.5, 0.6) is 0 Å². The van der Waals surface area contributed by atoms with Crippen LogP contribution in [-0.4, -0.2) is 28.7 Å². The molecule has 1 fully saturated rings. The van der Waals surface area contributed by atoms with Crippen molar-refractivity contribution in [1.82, 2.24) is 9.55 Å². The van der Waals surface area contributed by atoms with E-state index in [0.717, 1.165) is 37.4 Å². The number of nitrogens with one attached hydrogen (secondary N) is 1. The maximum Gasteiger partial charge on any atom is 0.224 e. The largest absolute Gasteiger partial charge is 0.381 e. The zero-order valence-electron chi connectivity index (χ0n) is 14.7. The number of ether oxygens (including phenoxy) is 1. The van der Waals surface area contributed by atoms with Crippen molar-refractivity contribution in [3.8, 4) is 0 Å². The van der Waals surface area contributed by atoms with Crippen LogP contribution in [0.25, 0.3) is 0 Å². The molecule has 2 aliphatic rings. The number of rotatable bonds is 4. The van der Waals surface area contributed by atoms with Gasteiger partial charge in [0.25, 0.3) is 0 Å². The van der Waals surface area contributed by atoms with Crippen LogP contribution in [0.15, 0.2) is 30.6 Å². The Hall–Kier alpha value is -2.14. The predicted octanol–water partition coefficient (Wildman–Crippen LogP) is 3.48. The standard InChI is InChI=1S/C20H25N3O2/c1-14-20-18(3-2-9-23(20)13-21-14)16-4-6-17(7-5-16)22-19(24)11-15-8-10-25-12-15/h4-7,13,15,18H,2-3,8-12H2,1H3,(H,22,24)/t15-,18-/m1/s1. The molecule has 3 heterocycles. The number of carbonyl (C=O) groups excluding carboxylic acids is 1. The smallest absolute Gasteiger partial charge is 0.224 e. The molecule has 0 radical (unpaired) electrons. The van der Waals surface area contributed by atoms with E-state index in [4.69, 9.17) is 4.74 Å². The first-order chi connectivity index (χ1) is 12.2. The summed E-state index contributed by atoms with van der Waals surface area (Å²) < 4.78 is 7.62. The highest BCUT2D eigenvalue weighted by Crippen LogP contribution is 2.35. The maximum absolute atomic E-state index is 12.2. The Morgan fingerprint density at radius 1 is 1.32 bits per heavy atom. The van der Waals surface area contributed by atoms with Gasteiger partial charge in [-0.25, -0.2) is 4.98 Å². The van der Waals surface area contributed by atoms with Crippen molar-refractivity contribution in [2.24, 2.45) is 5.92 Å². The van der Waals surface area contributed by atoms with Gasteiger partial charge in [0.05, 0.1) is 12.0 Å². The molecule has 1 N–H and O–H groups in total. The van der Waals surface area contributed by atoms with E-state index in [-0.39, 0.29) is 5.91 Å². The molecule has 4 rings (SSSR count). The molecule has 2 aliphatic heterocycles. The lowest BCUT2D eigenvalue weighted by atomic mass is 9.87. The number of hydrogen-bond acceptors (Lipinski definition) is 3. The summed E-state index contributed by atoms with van der Waals surface area (Å²) in [6, 6.07) is 8.31. The van der Waals surface area contributed by atoms with Gasteiger partial charge in [-0.15, -0.1) is 0 Å². The minimum absolute atomic E-state index is 0.0786. The summed E-state index contributed by atoms with van der Waals surface area (Å²) in [4.78, 5) is 16.6. The molecule has 5 heteroatoms. The summed E-state index contributed by atoms with van der Waals surface area (Å²) in [5.41, 5.74) is 4.63. The third-order valence-corrected chi connectivity index (χ3v) is 5.39. The molecule has 0 saturated carbocycles. The zero-order chi connectivity index (χ0) is 17.2. The summed E-state index contributed by atoms with van der Waals surface area (Å²) >= 11 is 0. The Morgan fingerprint density at radius 2 is 2.16 bits per heavy atom. The van der Waals surface area contributed by atoms with E-state index >= 15 is 0 Å². The molecular weight excluding hydrogens is 314 g/mol. The Bertz CT molecular complexity index is 745. The highest BCUT2D eigenvalue weighted by atomic mass is 16.5. The number of aryl methyl sites for hydroxylation is 2. The van der Waals surface area contributed by atoms with Gasteiger partial charge in [0.2, 0.25) is 5.91 Å². The number of imidazole rings is 1. The van der Waals surface area contributed by atoms with E-state index in [1.165, 1.54) is 17.7 Å². The molecule has 0 aliphatic carbocycles. The molecule has 132 valence electrons. The SMILES string of the molecule is Cc1ncn2c1[C@@H](c1ccc(NC(=O)C[C@H]3CCOC3)cc1)CCC2. The number of benzene rings is 1. The molecule has 25 heavy (non-hydrogen) atoms. The van der Waals surface area contributed by atoms with E-state index in [0.29, 0.717) is 24.9 Å². The topological polar surface area (TPSA) is 56.2 Å². The summed E-state index contributed by atoms with van der Waals surface area (Å²) in [5.74, 6) is 0.844. The molecule has 5 nitrogen and oxygen atoms in total. The molecule has 0 spiro atoms. The van der Waals surface area contributed by atoms with Crippen LogP contribution < -0.4 is 5.32 Å². The lowest BCUT2D eigenvalue weighted by Crippen LogP contribution is -2.17. The van der Waals surface area contributed by atoms with Gasteiger partial charge >= 0.3 is 0 Å². The average Bonchev–Trinajstić information content (AvgIpc) is 3.26. The molecular formula is C20H25N3O2. The van der Waals surface area contributed by atoms with Gasteiger partial charge in [-0.1, -0.05) is 12.1 Å². The van der Waals surface area contributed by atoms with Gasteiger partial charge in [0.15, 0.2) is 0 Å². The summed E-state index contributed by atoms with van der Waals surface area (Å²) in [7, 11) is 0. The number of nitrogens with zero attached hydrogens (tertiary/aromatic N) is 2. The maximum atomic E-state index is 12.2. The fourth-order valence-corrected chi connectivity index (χ4v) is 4.07. The molecule has 1 amide bonds. The molecule has 1 aromatic carbocycles. The second kappa shape index (κ2) is 7.00. The van der Waals surface area contributed by atoms with E-state index < -0.39 is 0 Å². The second-order valence-electron chi connectivity index (χ2n) is 7.21. The first-order valence-corrected chi connectivity index (χ1v) is 9.20. The zero-order valence-corrected chi connectivity index (χ0v) is 14.7. The fourth-order valence-electron chi connectivity index (χ4n) is 4.07. The Morgan fingerprint density at radius 3 is 2.92 bits per heavy atom. The highest BCUT2D eigenvalue weighted by molar-refractivity contribution is 5.90. The van der Waals surface area contributed by atoms with E-state index in [9.17, 15) is 4.79 Å². The van der Waals surface area contributed by atoms with Crippen molar-refractivity contribution in [1.29, 1.82) is 0 Å². The van der Waals surface area contributed by atoms with Gasteiger partial charge in [-0.3, -0.25) is 4.79 Å². The molecule has 2 atom stereocenters. The van der Waals surface area contributed by atoms with Gasteiger partial charge in [-0.05, 0) is 49.8 Å². The van der Waals surface area contributed by atoms with Crippen LogP contribution in [0, 0.1) is 12.8 Å². The van der Waals surface area contributed by atoms with E-state index in [1.54, 1.807) is 0 Å². The third kappa shape index (κ3) is 3.47. The number of amides is 1. The quantitative estimate of drug-likeness (QED) is 0.928. The number of anilines is 1. The molecule has 0 bridgehead atoms. The average molecular weight is 339 g/mol. The van der Waals surface area contributed by atoms with Crippen LogP contribution in [-0.2, 0) is 16.1 Å². The van der Waals surface area contributed by atoms with Crippen LogP contribution in [0.4, 0.5) is 5.69 Å². The Kier molecular flexibility index (Phi) is 4.57. The number of carbonyl (C=O) groups is 1. The monoisotopic (exact) mass is 339 g/mol. The molecule has 1 aromatic heterocycles. The van der Waals surface area contributed by atoms with Crippen LogP contribution in [0.1, 0.15) is 48.6 Å². The minimum atomic E-state index is 0.0786. The van der Waals surface area contributed by atoms with Crippen LogP contribution in [0.3, 0.4) is 0 Å². The van der Waals surface area contributed by atoms with Gasteiger partial charge in [0, 0.05) is 43.5 Å². The Labute approximate surface area is 148 Å². The molecule has 1 saturated heterocycles. The van der Waals surface area contributed by atoms with Crippen molar-refractivity contribution in [3.63, 3.8) is 0 Å². The summed E-state index contributed by atoms with van der Waals surface area (Å²) in [6.45, 7) is 4.64. The highest BCUT2D eigenvalue weighted by Gasteiger charge is 2.24. The van der Waals surface area contributed by atoms with Gasteiger partial charge in [0.1, 0.15) is 0 Å². The lowest BCUT2D eigenvalue weighted by Gasteiger charge is -2.25. The lowest BCUT2D eigenvalue weighted by molar-refractivity contribution is -0.117. The van der Waals surface area contributed by atoms with Crippen molar-refractivity contribution in [2.75, 3.05) is 18.5 Å². The first kappa shape index (κ1) is 16.3. The Balaban J connectivity index is 1.44. The van der Waals surface area contributed by atoms with E-state index in [2.05, 4.69) is 33.9 Å². The minimum Gasteiger partial charge on any atom is -0.381 e. The summed E-state index contributed by atoms with van der Waals surface area (Å²) in [5, 5.41) is 3.01. The van der Waals surface area contributed by atoms with Gasteiger partial charge in [-0.2, -0.15) is 0 Å². The summed E-state index contributed by atoms with van der Waals surface area (Å²) in [6.07, 6.45) is 5.82. The normalized spacial score (nSPS) is 22.6. The van der Waals surface area contributed by atoms with Crippen LogP contribution in [0.2, 0.25) is 0 Å². The first-order valence-electron chi connectivity index (χ1n) is 9.20. The van der Waals surface area contributed by atoms with Crippen molar-refractivity contribution >= 4 is 11.6 Å². The van der Waals surface area contributed by atoms with Crippen molar-refractivity contribution < 1.29 is 9.53 Å². The van der Waals surface area contributed by atoms with Gasteiger partial charge < -0.3 is 14.6 Å². The predicted molar refractivity (Wildman–Crippen MR) is 96.7 cm³/mol. The third-order valence-electron chi connectivity index (χ3n) is 5.39. The molecule has 0 unspecified atom stereocenters. The number of hydrogen-bond donors (Lipinski definition) is 1. The van der Waals surface area contributed by atoms with E-state index in [1.807, 2.05) is 18.5 Å².